The van der Waals surface area contributed by atoms with Crippen LogP contribution in [0.25, 0.3) is 0 Å². The van der Waals surface area contributed by atoms with Gasteiger partial charge in [0.1, 0.15) is 5.75 Å². The average Bonchev–Trinajstić information content (AvgIpc) is 2.47. The van der Waals surface area contributed by atoms with E-state index in [4.69, 9.17) is 21.1 Å². The molecule has 112 valence electrons. The number of rotatable bonds is 5. The monoisotopic (exact) mass is 310 g/mol. The van der Waals surface area contributed by atoms with E-state index >= 15 is 0 Å². The first-order valence-corrected chi connectivity index (χ1v) is 6.77. The van der Waals surface area contributed by atoms with Crippen LogP contribution in [0, 0.1) is 5.82 Å². The number of aliphatic hydroxyl groups is 1. The first kappa shape index (κ1) is 15.6. The molecule has 2 rings (SSSR count). The summed E-state index contributed by atoms with van der Waals surface area (Å²) in [5.74, 6) is 0.269. The van der Waals surface area contributed by atoms with Gasteiger partial charge in [-0.15, -0.1) is 0 Å². The molecule has 0 aliphatic carbocycles. The predicted molar refractivity (Wildman–Crippen MR) is 79.6 cm³/mol. The molecular weight excluding hydrogens is 295 g/mol. The second-order valence-electron chi connectivity index (χ2n) is 4.57. The molecule has 21 heavy (non-hydrogen) atoms. The van der Waals surface area contributed by atoms with Gasteiger partial charge in [-0.2, -0.15) is 0 Å². The van der Waals surface area contributed by atoms with E-state index in [-0.39, 0.29) is 12.2 Å². The summed E-state index contributed by atoms with van der Waals surface area (Å²) < 4.78 is 23.8. The van der Waals surface area contributed by atoms with Gasteiger partial charge in [-0.05, 0) is 41.5 Å². The van der Waals surface area contributed by atoms with E-state index < -0.39 is 11.9 Å². The second-order valence-corrected chi connectivity index (χ2v) is 5.01. The summed E-state index contributed by atoms with van der Waals surface area (Å²) in [4.78, 5) is 0. The van der Waals surface area contributed by atoms with Gasteiger partial charge in [-0.25, -0.2) is 4.39 Å². The molecular formula is C16H16ClFO3. The van der Waals surface area contributed by atoms with E-state index in [9.17, 15) is 9.50 Å². The van der Waals surface area contributed by atoms with Gasteiger partial charge in [-0.3, -0.25) is 0 Å². The summed E-state index contributed by atoms with van der Waals surface area (Å²) >= 11 is 5.95. The van der Waals surface area contributed by atoms with Gasteiger partial charge >= 0.3 is 0 Å². The second kappa shape index (κ2) is 6.78. The van der Waals surface area contributed by atoms with E-state index in [1.807, 2.05) is 0 Å². The minimum atomic E-state index is -0.863. The third kappa shape index (κ3) is 3.65. The van der Waals surface area contributed by atoms with Gasteiger partial charge < -0.3 is 14.6 Å². The highest BCUT2D eigenvalue weighted by atomic mass is 35.5. The maximum absolute atomic E-state index is 13.7. The van der Waals surface area contributed by atoms with Crippen LogP contribution in [0.2, 0.25) is 5.02 Å². The summed E-state index contributed by atoms with van der Waals surface area (Å²) in [7, 11) is 2.94. The average molecular weight is 311 g/mol. The Labute approximate surface area is 127 Å². The number of methoxy groups -OCH3 is 2. The van der Waals surface area contributed by atoms with Gasteiger partial charge in [0.05, 0.1) is 20.3 Å². The van der Waals surface area contributed by atoms with E-state index in [2.05, 4.69) is 0 Å². The minimum absolute atomic E-state index is 0.145. The van der Waals surface area contributed by atoms with Gasteiger partial charge in [-0.1, -0.05) is 17.7 Å². The lowest BCUT2D eigenvalue weighted by molar-refractivity contribution is 0.176. The standard InChI is InChI=1S/C16H16ClFO3/c1-20-15-6-4-12(17)7-11(15)9-14(19)10-3-5-16(21-2)13(18)8-10/h3-8,14,19H,9H2,1-2H3. The van der Waals surface area contributed by atoms with Crippen LogP contribution < -0.4 is 9.47 Å². The SMILES string of the molecule is COc1ccc(C(O)Cc2cc(Cl)ccc2OC)cc1F. The molecule has 1 atom stereocenters. The maximum atomic E-state index is 13.7. The Hall–Kier alpha value is -1.78. The van der Waals surface area contributed by atoms with Crippen molar-refractivity contribution in [1.29, 1.82) is 0 Å². The molecule has 0 aliphatic heterocycles. The fourth-order valence-electron chi connectivity index (χ4n) is 2.12. The molecule has 0 amide bonds. The molecule has 0 saturated heterocycles. The molecule has 0 spiro atoms. The number of aliphatic hydroxyl groups excluding tert-OH is 1. The Morgan fingerprint density at radius 3 is 2.38 bits per heavy atom. The molecule has 3 nitrogen and oxygen atoms in total. The summed E-state index contributed by atoms with van der Waals surface area (Å²) in [6.45, 7) is 0. The van der Waals surface area contributed by atoms with Crippen LogP contribution in [0.4, 0.5) is 4.39 Å². The van der Waals surface area contributed by atoms with Gasteiger partial charge in [0.25, 0.3) is 0 Å². The molecule has 1 N–H and O–H groups in total. The van der Waals surface area contributed by atoms with Crippen molar-refractivity contribution in [3.05, 3.63) is 58.4 Å². The van der Waals surface area contributed by atoms with Crippen LogP contribution >= 0.6 is 11.6 Å². The molecule has 0 radical (unpaired) electrons. The molecule has 0 bridgehead atoms. The van der Waals surface area contributed by atoms with Crippen LogP contribution in [-0.4, -0.2) is 19.3 Å². The van der Waals surface area contributed by atoms with Crippen molar-refractivity contribution in [2.75, 3.05) is 14.2 Å². The quantitative estimate of drug-likeness (QED) is 0.913. The van der Waals surface area contributed by atoms with Crippen molar-refractivity contribution in [3.63, 3.8) is 0 Å². The fraction of sp³-hybridized carbons (Fsp3) is 0.250. The van der Waals surface area contributed by atoms with Crippen LogP contribution in [0.3, 0.4) is 0 Å². The fourth-order valence-corrected chi connectivity index (χ4v) is 2.32. The number of halogens is 2. The topological polar surface area (TPSA) is 38.7 Å². The van der Waals surface area contributed by atoms with Crippen LogP contribution in [-0.2, 0) is 6.42 Å². The van der Waals surface area contributed by atoms with Crippen LogP contribution in [0.15, 0.2) is 36.4 Å². The zero-order valence-electron chi connectivity index (χ0n) is 11.8. The van der Waals surface area contributed by atoms with Gasteiger partial charge in [0.2, 0.25) is 0 Å². The molecule has 1 unspecified atom stereocenters. The molecule has 0 aliphatic rings. The highest BCUT2D eigenvalue weighted by Gasteiger charge is 2.14. The van der Waals surface area contributed by atoms with Gasteiger partial charge in [0, 0.05) is 11.4 Å². The van der Waals surface area contributed by atoms with E-state index in [0.717, 1.165) is 5.56 Å². The van der Waals surface area contributed by atoms with Crippen molar-refractivity contribution in [1.82, 2.24) is 0 Å². The summed E-state index contributed by atoms with van der Waals surface area (Å²) in [5.41, 5.74) is 1.23. The van der Waals surface area contributed by atoms with Crippen LogP contribution in [0.5, 0.6) is 11.5 Å². The molecule has 2 aromatic carbocycles. The van der Waals surface area contributed by atoms with Crippen molar-refractivity contribution >= 4 is 11.6 Å². The lowest BCUT2D eigenvalue weighted by Gasteiger charge is -2.15. The molecule has 2 aromatic rings. The predicted octanol–water partition coefficient (Wildman–Crippen LogP) is 3.77. The molecule has 0 saturated carbocycles. The van der Waals surface area contributed by atoms with Crippen molar-refractivity contribution < 1.29 is 19.0 Å². The Kier molecular flexibility index (Phi) is 5.04. The molecule has 0 aromatic heterocycles. The maximum Gasteiger partial charge on any atom is 0.165 e. The zero-order chi connectivity index (χ0) is 15.4. The van der Waals surface area contributed by atoms with Crippen molar-refractivity contribution in [2.24, 2.45) is 0 Å². The number of benzene rings is 2. The normalized spacial score (nSPS) is 12.0. The summed E-state index contributed by atoms with van der Waals surface area (Å²) in [6, 6.07) is 9.55. The lowest BCUT2D eigenvalue weighted by Crippen LogP contribution is -2.04. The summed E-state index contributed by atoms with van der Waals surface area (Å²) in [6.07, 6.45) is -0.590. The zero-order valence-corrected chi connectivity index (χ0v) is 12.5. The first-order valence-electron chi connectivity index (χ1n) is 6.39. The minimum Gasteiger partial charge on any atom is -0.496 e. The Morgan fingerprint density at radius 1 is 1.10 bits per heavy atom. The number of hydrogen-bond acceptors (Lipinski definition) is 3. The smallest absolute Gasteiger partial charge is 0.165 e. The lowest BCUT2D eigenvalue weighted by atomic mass is 10.0. The highest BCUT2D eigenvalue weighted by molar-refractivity contribution is 6.30. The Morgan fingerprint density at radius 2 is 1.76 bits per heavy atom. The number of ether oxygens (including phenoxy) is 2. The first-order chi connectivity index (χ1) is 10.0. The van der Waals surface area contributed by atoms with E-state index in [0.29, 0.717) is 16.3 Å². The van der Waals surface area contributed by atoms with Crippen LogP contribution in [0.1, 0.15) is 17.2 Å². The Balaban J connectivity index is 2.23. The third-order valence-corrected chi connectivity index (χ3v) is 3.45. The van der Waals surface area contributed by atoms with E-state index in [1.54, 1.807) is 31.4 Å². The van der Waals surface area contributed by atoms with Crippen molar-refractivity contribution in [2.45, 2.75) is 12.5 Å². The molecule has 5 heteroatoms. The summed E-state index contributed by atoms with van der Waals surface area (Å²) in [5, 5.41) is 10.8. The van der Waals surface area contributed by atoms with Crippen molar-refractivity contribution in [3.8, 4) is 11.5 Å². The van der Waals surface area contributed by atoms with E-state index in [1.165, 1.54) is 19.2 Å². The molecule has 0 heterocycles. The molecule has 0 fully saturated rings. The largest absolute Gasteiger partial charge is 0.496 e. The Bertz CT molecular complexity index is 631. The third-order valence-electron chi connectivity index (χ3n) is 3.22. The van der Waals surface area contributed by atoms with Gasteiger partial charge in [0.15, 0.2) is 11.6 Å². The number of hydrogen-bond donors (Lipinski definition) is 1. The highest BCUT2D eigenvalue weighted by Crippen LogP contribution is 2.29.